The summed E-state index contributed by atoms with van der Waals surface area (Å²) in [6.45, 7) is 5.26. The van der Waals surface area contributed by atoms with Crippen molar-refractivity contribution in [3.8, 4) is 0 Å². The molecule has 1 aromatic carbocycles. The highest BCUT2D eigenvalue weighted by Crippen LogP contribution is 2.30. The van der Waals surface area contributed by atoms with Gasteiger partial charge in [-0.15, -0.1) is 11.3 Å². The Labute approximate surface area is 168 Å². The van der Waals surface area contributed by atoms with Gasteiger partial charge >= 0.3 is 5.97 Å². The number of thiophene rings is 1. The second-order valence-electron chi connectivity index (χ2n) is 7.09. The number of rotatable bonds is 6. The molecule has 0 aliphatic heterocycles. The van der Waals surface area contributed by atoms with E-state index in [1.54, 1.807) is 0 Å². The fourth-order valence-electron chi connectivity index (χ4n) is 3.42. The van der Waals surface area contributed by atoms with Crippen molar-refractivity contribution >= 4 is 34.8 Å². The van der Waals surface area contributed by atoms with Crippen molar-refractivity contribution in [1.29, 1.82) is 0 Å². The van der Waals surface area contributed by atoms with Crippen LogP contribution in [0.5, 0.6) is 0 Å². The summed E-state index contributed by atoms with van der Waals surface area (Å²) in [6.07, 6.45) is 3.13. The molecule has 6 nitrogen and oxygen atoms in total. The first kappa shape index (κ1) is 20.1. The van der Waals surface area contributed by atoms with E-state index in [1.165, 1.54) is 21.8 Å². The molecule has 0 fully saturated rings. The van der Waals surface area contributed by atoms with Crippen molar-refractivity contribution in [1.82, 2.24) is 5.32 Å². The lowest BCUT2D eigenvalue weighted by molar-refractivity contribution is -0.126. The van der Waals surface area contributed by atoms with E-state index < -0.39 is 18.5 Å². The van der Waals surface area contributed by atoms with E-state index in [1.807, 2.05) is 39.0 Å². The lowest BCUT2D eigenvalue weighted by atomic mass is 10.1. The summed E-state index contributed by atoms with van der Waals surface area (Å²) in [6, 6.07) is 5.83. The molecule has 0 bridgehead atoms. The minimum absolute atomic E-state index is 0.184. The molecule has 2 amide bonds. The molecule has 1 heterocycles. The van der Waals surface area contributed by atoms with Crippen molar-refractivity contribution in [3.05, 3.63) is 50.2 Å². The minimum Gasteiger partial charge on any atom is -0.451 e. The molecule has 1 aliphatic carbocycles. The van der Waals surface area contributed by atoms with Gasteiger partial charge in [0.05, 0.1) is 6.54 Å². The average Bonchev–Trinajstić information content (AvgIpc) is 3.23. The number of carbonyl (C=O) groups excluding carboxylic acids is 3. The van der Waals surface area contributed by atoms with Gasteiger partial charge in [0.25, 0.3) is 5.91 Å². The first-order valence-corrected chi connectivity index (χ1v) is 10.1. The van der Waals surface area contributed by atoms with Crippen LogP contribution in [0.1, 0.15) is 43.2 Å². The van der Waals surface area contributed by atoms with Crippen LogP contribution in [0.3, 0.4) is 0 Å². The van der Waals surface area contributed by atoms with Crippen molar-refractivity contribution in [3.63, 3.8) is 0 Å². The summed E-state index contributed by atoms with van der Waals surface area (Å²) >= 11 is 1.43. The molecule has 2 N–H and O–H groups in total. The second-order valence-corrected chi connectivity index (χ2v) is 8.22. The van der Waals surface area contributed by atoms with Gasteiger partial charge in [0.1, 0.15) is 4.88 Å². The summed E-state index contributed by atoms with van der Waals surface area (Å²) in [5, 5.41) is 5.29. The van der Waals surface area contributed by atoms with Gasteiger partial charge in [-0.1, -0.05) is 17.7 Å². The van der Waals surface area contributed by atoms with Crippen LogP contribution in [0.2, 0.25) is 0 Å². The van der Waals surface area contributed by atoms with E-state index in [9.17, 15) is 14.4 Å². The largest absolute Gasteiger partial charge is 0.451 e. The molecule has 0 saturated heterocycles. The van der Waals surface area contributed by atoms with Gasteiger partial charge in [0, 0.05) is 10.6 Å². The maximum atomic E-state index is 12.1. The van der Waals surface area contributed by atoms with Gasteiger partial charge < -0.3 is 15.4 Å². The Bertz CT molecular complexity index is 888. The summed E-state index contributed by atoms with van der Waals surface area (Å²) < 4.78 is 5.06. The van der Waals surface area contributed by atoms with Crippen molar-refractivity contribution in [2.75, 3.05) is 18.5 Å². The highest BCUT2D eigenvalue weighted by molar-refractivity contribution is 7.14. The first-order chi connectivity index (χ1) is 13.3. The van der Waals surface area contributed by atoms with Gasteiger partial charge in [-0.2, -0.15) is 0 Å². The van der Waals surface area contributed by atoms with Crippen LogP contribution in [0.15, 0.2) is 18.2 Å². The molecule has 0 unspecified atom stereocenters. The molecule has 0 spiro atoms. The maximum Gasteiger partial charge on any atom is 0.348 e. The number of fused-ring (bicyclic) bond motifs is 1. The van der Waals surface area contributed by atoms with E-state index in [0.717, 1.165) is 41.6 Å². The van der Waals surface area contributed by atoms with Crippen LogP contribution in [-0.4, -0.2) is 30.9 Å². The van der Waals surface area contributed by atoms with E-state index >= 15 is 0 Å². The van der Waals surface area contributed by atoms with Crippen LogP contribution in [-0.2, 0) is 27.2 Å². The molecule has 148 valence electrons. The third-order valence-electron chi connectivity index (χ3n) is 4.67. The number of aryl methyl sites for hydroxylation is 5. The Balaban J connectivity index is 1.43. The number of hydrogen-bond acceptors (Lipinski definition) is 5. The number of ether oxygens (including phenoxy) is 1. The maximum absolute atomic E-state index is 12.1. The lowest BCUT2D eigenvalue weighted by Gasteiger charge is -2.13. The topological polar surface area (TPSA) is 84.5 Å². The molecule has 3 rings (SSSR count). The number of nitrogens with one attached hydrogen (secondary N) is 2. The summed E-state index contributed by atoms with van der Waals surface area (Å²) in [4.78, 5) is 37.8. The fourth-order valence-corrected chi connectivity index (χ4v) is 4.57. The fraction of sp³-hybridized carbons (Fsp3) is 0.381. The van der Waals surface area contributed by atoms with Crippen LogP contribution in [0.4, 0.5) is 5.69 Å². The van der Waals surface area contributed by atoms with Crippen LogP contribution >= 0.6 is 11.3 Å². The van der Waals surface area contributed by atoms with Gasteiger partial charge in [-0.25, -0.2) is 4.79 Å². The van der Waals surface area contributed by atoms with Gasteiger partial charge in [-0.3, -0.25) is 9.59 Å². The third-order valence-corrected chi connectivity index (χ3v) is 5.89. The van der Waals surface area contributed by atoms with Crippen molar-refractivity contribution in [2.24, 2.45) is 0 Å². The number of carbonyl (C=O) groups is 3. The number of anilines is 1. The molecule has 2 aromatic rings. The molecule has 28 heavy (non-hydrogen) atoms. The van der Waals surface area contributed by atoms with Crippen LogP contribution in [0.25, 0.3) is 0 Å². The summed E-state index contributed by atoms with van der Waals surface area (Å²) in [5.74, 6) is -1.33. The quantitative estimate of drug-likeness (QED) is 0.730. The molecule has 1 aromatic heterocycles. The zero-order valence-electron chi connectivity index (χ0n) is 16.3. The number of esters is 1. The SMILES string of the molecule is Cc1cc(C)c(NC(=O)CNC(=O)COC(=O)c2cc3c(s2)CCC3)c(C)c1. The van der Waals surface area contributed by atoms with E-state index in [2.05, 4.69) is 10.6 Å². The van der Waals surface area contributed by atoms with E-state index in [4.69, 9.17) is 4.74 Å². The Morgan fingerprint density at radius 1 is 1.04 bits per heavy atom. The predicted molar refractivity (Wildman–Crippen MR) is 109 cm³/mol. The Hall–Kier alpha value is -2.67. The molecule has 0 atom stereocenters. The smallest absolute Gasteiger partial charge is 0.348 e. The number of benzene rings is 1. The number of hydrogen-bond donors (Lipinski definition) is 2. The van der Waals surface area contributed by atoms with Gasteiger partial charge in [0.15, 0.2) is 6.61 Å². The lowest BCUT2D eigenvalue weighted by Crippen LogP contribution is -2.35. The van der Waals surface area contributed by atoms with Gasteiger partial charge in [0.2, 0.25) is 5.91 Å². The standard InChI is InChI=1S/C21H24N2O4S/c1-12-7-13(2)20(14(3)8-12)23-18(24)10-22-19(25)11-27-21(26)17-9-15-5-4-6-16(15)28-17/h7-9H,4-6,10-11H2,1-3H3,(H,22,25)(H,23,24). The minimum atomic E-state index is -0.509. The Morgan fingerprint density at radius 3 is 2.43 bits per heavy atom. The van der Waals surface area contributed by atoms with Crippen LogP contribution < -0.4 is 10.6 Å². The predicted octanol–water partition coefficient (Wildman–Crippen LogP) is 3.07. The average molecular weight is 401 g/mol. The zero-order chi connectivity index (χ0) is 20.3. The van der Waals surface area contributed by atoms with E-state index in [-0.39, 0.29) is 12.5 Å². The molecule has 0 radical (unpaired) electrons. The Kier molecular flexibility index (Phi) is 6.14. The van der Waals surface area contributed by atoms with Crippen molar-refractivity contribution in [2.45, 2.75) is 40.0 Å². The van der Waals surface area contributed by atoms with Crippen LogP contribution in [0, 0.1) is 20.8 Å². The third kappa shape index (κ3) is 4.78. The monoisotopic (exact) mass is 400 g/mol. The summed E-state index contributed by atoms with van der Waals surface area (Å²) in [7, 11) is 0. The first-order valence-electron chi connectivity index (χ1n) is 9.26. The highest BCUT2D eigenvalue weighted by atomic mass is 32.1. The highest BCUT2D eigenvalue weighted by Gasteiger charge is 2.20. The van der Waals surface area contributed by atoms with Crippen molar-refractivity contribution < 1.29 is 19.1 Å². The van der Waals surface area contributed by atoms with E-state index in [0.29, 0.717) is 4.88 Å². The Morgan fingerprint density at radius 2 is 1.75 bits per heavy atom. The number of amides is 2. The normalized spacial score (nSPS) is 12.4. The molecule has 0 saturated carbocycles. The molecular weight excluding hydrogens is 376 g/mol. The molecular formula is C21H24N2O4S. The zero-order valence-corrected chi connectivity index (χ0v) is 17.1. The molecule has 1 aliphatic rings. The summed E-state index contributed by atoms with van der Waals surface area (Å²) in [5.41, 5.74) is 5.02. The van der Waals surface area contributed by atoms with Gasteiger partial charge in [-0.05, 0) is 62.8 Å². The molecule has 7 heteroatoms. The second kappa shape index (κ2) is 8.56.